The van der Waals surface area contributed by atoms with Crippen molar-refractivity contribution >= 4 is 11.3 Å². The number of aliphatic hydroxyl groups excluding tert-OH is 1. The molecule has 0 saturated heterocycles. The number of thiazole rings is 1. The first-order valence-electron chi connectivity index (χ1n) is 4.48. The number of likely N-dealkylation sites (N-methyl/N-ethyl adjacent to an activating group) is 1. The van der Waals surface area contributed by atoms with Crippen molar-refractivity contribution in [3.05, 3.63) is 16.1 Å². The Bertz CT molecular complexity index is 262. The van der Waals surface area contributed by atoms with Crippen LogP contribution in [0.1, 0.15) is 30.7 Å². The molecule has 0 aliphatic rings. The summed E-state index contributed by atoms with van der Waals surface area (Å²) in [6.07, 6.45) is -0.495. The topological polar surface area (TPSA) is 45.1 Å². The minimum atomic E-state index is -0.495. The zero-order chi connectivity index (χ0) is 9.84. The minimum absolute atomic E-state index is 0.0616. The van der Waals surface area contributed by atoms with Crippen LogP contribution in [-0.4, -0.2) is 22.7 Å². The number of rotatable bonds is 4. The summed E-state index contributed by atoms with van der Waals surface area (Å²) in [6.45, 7) is 6.79. The van der Waals surface area contributed by atoms with Crippen molar-refractivity contribution in [2.24, 2.45) is 0 Å². The lowest BCUT2D eigenvalue weighted by atomic mass is 10.1. The summed E-state index contributed by atoms with van der Waals surface area (Å²) in [6, 6.07) is 0.0616. The molecule has 0 aliphatic carbocycles. The van der Waals surface area contributed by atoms with Gasteiger partial charge in [-0.1, -0.05) is 6.92 Å². The van der Waals surface area contributed by atoms with Gasteiger partial charge in [-0.05, 0) is 20.4 Å². The maximum absolute atomic E-state index is 9.82. The van der Waals surface area contributed by atoms with Crippen molar-refractivity contribution < 1.29 is 5.11 Å². The van der Waals surface area contributed by atoms with Crippen molar-refractivity contribution in [1.29, 1.82) is 0 Å². The fourth-order valence-electron chi connectivity index (χ4n) is 1.21. The number of aryl methyl sites for hydroxylation is 1. The second-order valence-electron chi connectivity index (χ2n) is 3.08. The molecule has 0 bridgehead atoms. The maximum atomic E-state index is 9.82. The van der Waals surface area contributed by atoms with Crippen molar-refractivity contribution in [2.45, 2.75) is 32.9 Å². The van der Waals surface area contributed by atoms with E-state index in [2.05, 4.69) is 10.3 Å². The van der Waals surface area contributed by atoms with Crippen LogP contribution in [-0.2, 0) is 0 Å². The van der Waals surface area contributed by atoms with Gasteiger partial charge in [0.2, 0.25) is 0 Å². The summed E-state index contributed by atoms with van der Waals surface area (Å²) in [5, 5.41) is 15.9. The Balaban J connectivity index is 2.61. The molecular formula is C9H16N2OS. The van der Waals surface area contributed by atoms with Gasteiger partial charge in [-0.2, -0.15) is 0 Å². The van der Waals surface area contributed by atoms with Crippen molar-refractivity contribution in [3.63, 3.8) is 0 Å². The number of hydrogen-bond donors (Lipinski definition) is 2. The van der Waals surface area contributed by atoms with E-state index in [0.29, 0.717) is 0 Å². The van der Waals surface area contributed by atoms with Gasteiger partial charge in [-0.3, -0.25) is 0 Å². The normalized spacial score (nSPS) is 15.7. The van der Waals surface area contributed by atoms with Gasteiger partial charge in [0.1, 0.15) is 6.10 Å². The zero-order valence-electron chi connectivity index (χ0n) is 8.24. The highest BCUT2D eigenvalue weighted by atomic mass is 32.1. The van der Waals surface area contributed by atoms with E-state index >= 15 is 0 Å². The highest BCUT2D eigenvalue weighted by Crippen LogP contribution is 2.18. The Labute approximate surface area is 82.8 Å². The molecule has 1 aromatic heterocycles. The molecule has 0 aliphatic heterocycles. The molecule has 1 rings (SSSR count). The third kappa shape index (κ3) is 2.76. The molecule has 2 atom stereocenters. The lowest BCUT2D eigenvalue weighted by Crippen LogP contribution is -2.32. The van der Waals surface area contributed by atoms with E-state index in [4.69, 9.17) is 0 Å². The zero-order valence-corrected chi connectivity index (χ0v) is 9.06. The molecule has 2 unspecified atom stereocenters. The summed E-state index contributed by atoms with van der Waals surface area (Å²) in [5.74, 6) is 0. The third-order valence-corrected chi connectivity index (χ3v) is 2.73. The lowest BCUT2D eigenvalue weighted by molar-refractivity contribution is 0.133. The van der Waals surface area contributed by atoms with Gasteiger partial charge in [0, 0.05) is 11.4 Å². The summed E-state index contributed by atoms with van der Waals surface area (Å²) in [7, 11) is 0. The molecule has 0 saturated carbocycles. The molecule has 0 radical (unpaired) electrons. The molecule has 0 aromatic carbocycles. The Morgan fingerprint density at radius 3 is 2.85 bits per heavy atom. The van der Waals surface area contributed by atoms with Crippen molar-refractivity contribution in [1.82, 2.24) is 10.3 Å². The molecule has 1 aromatic rings. The molecule has 1 heterocycles. The second-order valence-corrected chi connectivity index (χ2v) is 4.14. The summed E-state index contributed by atoms with van der Waals surface area (Å²) in [4.78, 5) is 4.24. The molecule has 74 valence electrons. The van der Waals surface area contributed by atoms with Crippen LogP contribution in [0.2, 0.25) is 0 Å². The third-order valence-electron chi connectivity index (χ3n) is 1.94. The van der Waals surface area contributed by atoms with Crippen LogP contribution in [0.5, 0.6) is 0 Å². The van der Waals surface area contributed by atoms with Crippen molar-refractivity contribution in [2.75, 3.05) is 6.54 Å². The number of aliphatic hydroxyl groups is 1. The van der Waals surface area contributed by atoms with E-state index in [0.717, 1.165) is 17.2 Å². The van der Waals surface area contributed by atoms with Gasteiger partial charge in [-0.25, -0.2) is 4.98 Å². The van der Waals surface area contributed by atoms with Gasteiger partial charge in [0.05, 0.1) is 10.7 Å². The smallest absolute Gasteiger partial charge is 0.112 e. The molecule has 13 heavy (non-hydrogen) atoms. The number of nitrogens with one attached hydrogen (secondary N) is 1. The van der Waals surface area contributed by atoms with E-state index in [1.165, 1.54) is 0 Å². The fraction of sp³-hybridized carbons (Fsp3) is 0.667. The van der Waals surface area contributed by atoms with E-state index in [-0.39, 0.29) is 6.04 Å². The van der Waals surface area contributed by atoms with Crippen LogP contribution in [0, 0.1) is 6.92 Å². The van der Waals surface area contributed by atoms with E-state index in [1.807, 2.05) is 26.2 Å². The van der Waals surface area contributed by atoms with Gasteiger partial charge in [0.15, 0.2) is 0 Å². The minimum Gasteiger partial charge on any atom is -0.385 e. The standard InChI is InChI=1S/C9H16N2OS/c1-4-10-6(2)9(12)8-5-13-7(3)11-8/h5-6,9-10,12H,4H2,1-3H3. The molecule has 2 N–H and O–H groups in total. The van der Waals surface area contributed by atoms with Crippen LogP contribution < -0.4 is 5.32 Å². The van der Waals surface area contributed by atoms with Crippen molar-refractivity contribution in [3.8, 4) is 0 Å². The second kappa shape index (κ2) is 4.69. The quantitative estimate of drug-likeness (QED) is 0.774. The van der Waals surface area contributed by atoms with Crippen LogP contribution in [0.25, 0.3) is 0 Å². The maximum Gasteiger partial charge on any atom is 0.112 e. The van der Waals surface area contributed by atoms with Gasteiger partial charge in [-0.15, -0.1) is 11.3 Å². The first-order chi connectivity index (χ1) is 6.15. The first-order valence-corrected chi connectivity index (χ1v) is 5.36. The highest BCUT2D eigenvalue weighted by Gasteiger charge is 2.17. The monoisotopic (exact) mass is 200 g/mol. The molecule has 4 heteroatoms. The van der Waals surface area contributed by atoms with E-state index in [9.17, 15) is 5.11 Å². The first kappa shape index (κ1) is 10.6. The number of hydrogen-bond acceptors (Lipinski definition) is 4. The largest absolute Gasteiger partial charge is 0.385 e. The molecule has 0 amide bonds. The number of nitrogens with zero attached hydrogens (tertiary/aromatic N) is 1. The summed E-state index contributed by atoms with van der Waals surface area (Å²) < 4.78 is 0. The summed E-state index contributed by atoms with van der Waals surface area (Å²) in [5.41, 5.74) is 0.774. The van der Waals surface area contributed by atoms with Gasteiger partial charge >= 0.3 is 0 Å². The van der Waals surface area contributed by atoms with Gasteiger partial charge < -0.3 is 10.4 Å². The number of aromatic nitrogens is 1. The summed E-state index contributed by atoms with van der Waals surface area (Å²) >= 11 is 1.57. The predicted octanol–water partition coefficient (Wildman–Crippen LogP) is 1.48. The Morgan fingerprint density at radius 1 is 1.69 bits per heavy atom. The molecule has 3 nitrogen and oxygen atoms in total. The Kier molecular flexibility index (Phi) is 3.84. The van der Waals surface area contributed by atoms with Crippen LogP contribution >= 0.6 is 11.3 Å². The van der Waals surface area contributed by atoms with E-state index in [1.54, 1.807) is 11.3 Å². The van der Waals surface area contributed by atoms with Gasteiger partial charge in [0.25, 0.3) is 0 Å². The Hall–Kier alpha value is -0.450. The average Bonchev–Trinajstić information content (AvgIpc) is 2.51. The lowest BCUT2D eigenvalue weighted by Gasteiger charge is -2.17. The molecule has 0 spiro atoms. The molecular weight excluding hydrogens is 184 g/mol. The highest BCUT2D eigenvalue weighted by molar-refractivity contribution is 7.09. The average molecular weight is 200 g/mol. The fourth-order valence-corrected chi connectivity index (χ4v) is 1.85. The van der Waals surface area contributed by atoms with Crippen LogP contribution in [0.15, 0.2) is 5.38 Å². The molecule has 0 fully saturated rings. The SMILES string of the molecule is CCNC(C)C(O)c1csc(C)n1. The van der Waals surface area contributed by atoms with E-state index < -0.39 is 6.10 Å². The van der Waals surface area contributed by atoms with Crippen LogP contribution in [0.3, 0.4) is 0 Å². The predicted molar refractivity (Wildman–Crippen MR) is 54.9 cm³/mol. The van der Waals surface area contributed by atoms with Crippen LogP contribution in [0.4, 0.5) is 0 Å². The Morgan fingerprint density at radius 2 is 2.38 bits per heavy atom.